The zero-order chi connectivity index (χ0) is 9.42. The second-order valence-electron chi connectivity index (χ2n) is 3.95. The molecule has 1 unspecified atom stereocenters. The van der Waals surface area contributed by atoms with E-state index in [4.69, 9.17) is 0 Å². The molecule has 13 heavy (non-hydrogen) atoms. The van der Waals surface area contributed by atoms with Gasteiger partial charge in [-0.1, -0.05) is 13.8 Å². The molecule has 0 amide bonds. The van der Waals surface area contributed by atoms with Crippen LogP contribution in [0, 0.1) is 12.8 Å². The number of hydrogen-bond donors (Lipinski definition) is 0. The van der Waals surface area contributed by atoms with Crippen molar-refractivity contribution in [1.29, 1.82) is 0 Å². The smallest absolute Gasteiger partial charge is 0.153 e. The van der Waals surface area contributed by atoms with E-state index < -0.39 is 0 Å². The molecule has 0 fully saturated rings. The molecule has 0 saturated carbocycles. The highest BCUT2D eigenvalue weighted by Crippen LogP contribution is 2.31. The van der Waals surface area contributed by atoms with Gasteiger partial charge in [0.2, 0.25) is 0 Å². The van der Waals surface area contributed by atoms with Gasteiger partial charge in [-0.3, -0.25) is 0 Å². The fraction of sp³-hybridized carbons (Fsp3) is 0.600. The summed E-state index contributed by atoms with van der Waals surface area (Å²) in [5.74, 6) is 1.65. The first-order valence-electron chi connectivity index (χ1n) is 4.77. The van der Waals surface area contributed by atoms with Crippen molar-refractivity contribution in [2.45, 2.75) is 33.2 Å². The molecular weight excluding hydrogens is 162 g/mol. The van der Waals surface area contributed by atoms with Gasteiger partial charge in [0.15, 0.2) is 5.82 Å². The third-order valence-electron chi connectivity index (χ3n) is 2.59. The first-order chi connectivity index (χ1) is 6.20. The monoisotopic (exact) mass is 177 g/mol. The molecule has 2 rings (SSSR count). The minimum Gasteiger partial charge on any atom is -0.244 e. The molecule has 0 saturated heterocycles. The molecule has 0 aromatic carbocycles. The topological polar surface area (TPSA) is 30.2 Å². The molecule has 3 nitrogen and oxygen atoms in total. The SMILES string of the molecule is Cc1cnn2c1N=CCC2C(C)C. The molecule has 0 aliphatic carbocycles. The third kappa shape index (κ3) is 1.28. The first kappa shape index (κ1) is 8.48. The number of aryl methyl sites for hydroxylation is 1. The van der Waals surface area contributed by atoms with Gasteiger partial charge in [-0.05, 0) is 12.8 Å². The first-order valence-corrected chi connectivity index (χ1v) is 4.77. The van der Waals surface area contributed by atoms with Gasteiger partial charge in [0.05, 0.1) is 12.2 Å². The number of fused-ring (bicyclic) bond motifs is 1. The van der Waals surface area contributed by atoms with Crippen LogP contribution in [0.2, 0.25) is 0 Å². The Kier molecular flexibility index (Phi) is 1.94. The van der Waals surface area contributed by atoms with Crippen LogP contribution in [0.5, 0.6) is 0 Å². The van der Waals surface area contributed by atoms with Crippen LogP contribution in [0.3, 0.4) is 0 Å². The third-order valence-corrected chi connectivity index (χ3v) is 2.59. The molecule has 2 heterocycles. The van der Waals surface area contributed by atoms with Crippen LogP contribution in [0.25, 0.3) is 0 Å². The average Bonchev–Trinajstić information content (AvgIpc) is 2.48. The molecule has 0 bridgehead atoms. The zero-order valence-electron chi connectivity index (χ0n) is 8.36. The highest BCUT2D eigenvalue weighted by atomic mass is 15.3. The Morgan fingerprint density at radius 3 is 3.00 bits per heavy atom. The number of aromatic nitrogens is 2. The van der Waals surface area contributed by atoms with E-state index in [1.165, 1.54) is 5.56 Å². The van der Waals surface area contributed by atoms with E-state index in [2.05, 4.69) is 35.5 Å². The molecule has 1 atom stereocenters. The quantitative estimate of drug-likeness (QED) is 0.648. The largest absolute Gasteiger partial charge is 0.244 e. The van der Waals surface area contributed by atoms with Gasteiger partial charge >= 0.3 is 0 Å². The number of rotatable bonds is 1. The Hall–Kier alpha value is -1.12. The summed E-state index contributed by atoms with van der Waals surface area (Å²) >= 11 is 0. The average molecular weight is 177 g/mol. The van der Waals surface area contributed by atoms with Crippen molar-refractivity contribution in [2.24, 2.45) is 10.9 Å². The summed E-state index contributed by atoms with van der Waals surface area (Å²) in [6.45, 7) is 6.51. The minimum atomic E-state index is 0.487. The highest BCUT2D eigenvalue weighted by Gasteiger charge is 2.21. The van der Waals surface area contributed by atoms with Crippen LogP contribution in [0.4, 0.5) is 5.82 Å². The van der Waals surface area contributed by atoms with E-state index in [0.29, 0.717) is 12.0 Å². The predicted octanol–water partition coefficient (Wildman–Crippen LogP) is 2.49. The summed E-state index contributed by atoms with van der Waals surface area (Å²) in [4.78, 5) is 4.36. The van der Waals surface area contributed by atoms with Crippen molar-refractivity contribution in [2.75, 3.05) is 0 Å². The van der Waals surface area contributed by atoms with Gasteiger partial charge in [-0.2, -0.15) is 5.10 Å². The Balaban J connectivity index is 2.44. The summed E-state index contributed by atoms with van der Waals surface area (Å²) in [5.41, 5.74) is 1.17. The van der Waals surface area contributed by atoms with Gasteiger partial charge in [0, 0.05) is 18.2 Å². The van der Waals surface area contributed by atoms with Crippen molar-refractivity contribution in [3.05, 3.63) is 11.8 Å². The summed E-state index contributed by atoms with van der Waals surface area (Å²) in [7, 11) is 0. The highest BCUT2D eigenvalue weighted by molar-refractivity contribution is 5.65. The van der Waals surface area contributed by atoms with Crippen molar-refractivity contribution >= 4 is 12.0 Å². The van der Waals surface area contributed by atoms with Crippen molar-refractivity contribution in [3.8, 4) is 0 Å². The number of hydrogen-bond acceptors (Lipinski definition) is 2. The molecule has 0 radical (unpaired) electrons. The maximum absolute atomic E-state index is 4.36. The van der Waals surface area contributed by atoms with E-state index >= 15 is 0 Å². The maximum atomic E-state index is 4.36. The molecular formula is C10H15N3. The zero-order valence-corrected chi connectivity index (χ0v) is 8.36. The van der Waals surface area contributed by atoms with E-state index in [0.717, 1.165) is 12.2 Å². The Labute approximate surface area is 78.5 Å². The van der Waals surface area contributed by atoms with Crippen LogP contribution in [0.15, 0.2) is 11.2 Å². The van der Waals surface area contributed by atoms with E-state index in [1.807, 2.05) is 12.4 Å². The van der Waals surface area contributed by atoms with Gasteiger partial charge in [-0.25, -0.2) is 9.67 Å². The van der Waals surface area contributed by atoms with Gasteiger partial charge < -0.3 is 0 Å². The summed E-state index contributed by atoms with van der Waals surface area (Å²) < 4.78 is 2.06. The van der Waals surface area contributed by atoms with Crippen molar-refractivity contribution < 1.29 is 0 Å². The van der Waals surface area contributed by atoms with Gasteiger partial charge in [0.25, 0.3) is 0 Å². The predicted molar refractivity (Wildman–Crippen MR) is 53.6 cm³/mol. The second-order valence-corrected chi connectivity index (χ2v) is 3.95. The lowest BCUT2D eigenvalue weighted by Gasteiger charge is -2.23. The molecule has 3 heteroatoms. The maximum Gasteiger partial charge on any atom is 0.153 e. The van der Waals surface area contributed by atoms with E-state index in [9.17, 15) is 0 Å². The molecule has 0 N–H and O–H groups in total. The minimum absolute atomic E-state index is 0.487. The van der Waals surface area contributed by atoms with E-state index in [-0.39, 0.29) is 0 Å². The van der Waals surface area contributed by atoms with Crippen LogP contribution < -0.4 is 0 Å². The molecule has 1 aliphatic rings. The Morgan fingerprint density at radius 1 is 1.54 bits per heavy atom. The van der Waals surface area contributed by atoms with Gasteiger partial charge in [-0.15, -0.1) is 0 Å². The van der Waals surface area contributed by atoms with Crippen LogP contribution in [-0.4, -0.2) is 16.0 Å². The molecule has 1 aromatic rings. The molecule has 1 aromatic heterocycles. The summed E-state index contributed by atoms with van der Waals surface area (Å²) in [6, 6.07) is 0.487. The van der Waals surface area contributed by atoms with Crippen LogP contribution in [0.1, 0.15) is 31.9 Å². The second kappa shape index (κ2) is 2.98. The van der Waals surface area contributed by atoms with Crippen molar-refractivity contribution in [1.82, 2.24) is 9.78 Å². The normalized spacial score (nSPS) is 20.8. The van der Waals surface area contributed by atoms with Gasteiger partial charge in [0.1, 0.15) is 0 Å². The number of aliphatic imine (C=N–C) groups is 1. The Morgan fingerprint density at radius 2 is 2.31 bits per heavy atom. The fourth-order valence-corrected chi connectivity index (χ4v) is 1.75. The molecule has 1 aliphatic heterocycles. The standard InChI is InChI=1S/C10H15N3/c1-7(2)9-4-5-11-10-8(3)6-12-13(9)10/h5-7,9H,4H2,1-3H3. The van der Waals surface area contributed by atoms with Crippen LogP contribution >= 0.6 is 0 Å². The summed E-state index contributed by atoms with van der Waals surface area (Å²) in [6.07, 6.45) is 4.91. The molecule has 70 valence electrons. The Bertz CT molecular complexity index is 336. The van der Waals surface area contributed by atoms with Crippen LogP contribution in [-0.2, 0) is 0 Å². The lowest BCUT2D eigenvalue weighted by molar-refractivity contribution is 0.356. The molecule has 0 spiro atoms. The van der Waals surface area contributed by atoms with E-state index in [1.54, 1.807) is 0 Å². The lowest BCUT2D eigenvalue weighted by atomic mass is 10.0. The summed E-state index contributed by atoms with van der Waals surface area (Å²) in [5, 5.41) is 4.36. The number of nitrogens with zero attached hydrogens (tertiary/aromatic N) is 3. The lowest BCUT2D eigenvalue weighted by Crippen LogP contribution is -2.19. The van der Waals surface area contributed by atoms with Crippen molar-refractivity contribution in [3.63, 3.8) is 0 Å². The fourth-order valence-electron chi connectivity index (χ4n) is 1.75.